The molecular formula is C19H37N5. The van der Waals surface area contributed by atoms with Gasteiger partial charge in [0.25, 0.3) is 0 Å². The van der Waals surface area contributed by atoms with Crippen LogP contribution >= 0.6 is 0 Å². The van der Waals surface area contributed by atoms with Gasteiger partial charge in [-0.15, -0.1) is 6.58 Å². The van der Waals surface area contributed by atoms with Crippen molar-refractivity contribution in [1.82, 2.24) is 20.4 Å². The molecule has 0 radical (unpaired) electrons. The lowest BCUT2D eigenvalue weighted by Crippen LogP contribution is -2.49. The van der Waals surface area contributed by atoms with Crippen LogP contribution in [0.3, 0.4) is 0 Å². The molecule has 2 aliphatic rings. The molecule has 0 amide bonds. The van der Waals surface area contributed by atoms with E-state index in [2.05, 4.69) is 38.9 Å². The van der Waals surface area contributed by atoms with E-state index in [4.69, 9.17) is 0 Å². The molecule has 2 rings (SSSR count). The van der Waals surface area contributed by atoms with Crippen LogP contribution in [-0.4, -0.2) is 74.7 Å². The molecule has 2 fully saturated rings. The predicted molar refractivity (Wildman–Crippen MR) is 104 cm³/mol. The fourth-order valence-electron chi connectivity index (χ4n) is 3.82. The van der Waals surface area contributed by atoms with Gasteiger partial charge >= 0.3 is 0 Å². The van der Waals surface area contributed by atoms with E-state index < -0.39 is 0 Å². The molecule has 2 heterocycles. The maximum absolute atomic E-state index is 4.40. The number of piperidine rings is 2. The number of rotatable bonds is 7. The molecule has 0 aromatic carbocycles. The van der Waals surface area contributed by atoms with Crippen LogP contribution in [0.25, 0.3) is 0 Å². The third-order valence-electron chi connectivity index (χ3n) is 5.54. The summed E-state index contributed by atoms with van der Waals surface area (Å²) in [5.74, 6) is 1.85. The Hall–Kier alpha value is -1.07. The summed E-state index contributed by atoms with van der Waals surface area (Å²) in [5.41, 5.74) is 0. The third kappa shape index (κ3) is 6.44. The van der Waals surface area contributed by atoms with E-state index in [1.807, 2.05) is 13.1 Å². The molecule has 0 atom stereocenters. The van der Waals surface area contributed by atoms with Gasteiger partial charge in [-0.25, -0.2) is 0 Å². The van der Waals surface area contributed by atoms with Gasteiger partial charge in [0.1, 0.15) is 0 Å². The highest BCUT2D eigenvalue weighted by molar-refractivity contribution is 5.79. The average molecular weight is 336 g/mol. The lowest BCUT2D eigenvalue weighted by Gasteiger charge is -2.33. The summed E-state index contributed by atoms with van der Waals surface area (Å²) in [5, 5.41) is 7.12. The van der Waals surface area contributed by atoms with Crippen LogP contribution in [0.5, 0.6) is 0 Å². The van der Waals surface area contributed by atoms with Crippen molar-refractivity contribution < 1.29 is 0 Å². The van der Waals surface area contributed by atoms with Crippen LogP contribution in [0.2, 0.25) is 0 Å². The lowest BCUT2D eigenvalue weighted by molar-refractivity contribution is 0.187. The zero-order valence-corrected chi connectivity index (χ0v) is 15.8. The van der Waals surface area contributed by atoms with Crippen LogP contribution in [0.4, 0.5) is 0 Å². The minimum absolute atomic E-state index is 0.546. The highest BCUT2D eigenvalue weighted by Gasteiger charge is 2.20. The molecule has 5 nitrogen and oxygen atoms in total. The molecule has 138 valence electrons. The topological polar surface area (TPSA) is 42.9 Å². The van der Waals surface area contributed by atoms with Gasteiger partial charge in [0, 0.05) is 39.3 Å². The molecule has 2 N–H and O–H groups in total. The van der Waals surface area contributed by atoms with Crippen LogP contribution in [0, 0.1) is 5.92 Å². The smallest absolute Gasteiger partial charge is 0.191 e. The molecule has 0 aromatic rings. The standard InChI is InChI=1S/C19H37N5/c1-4-12-24-15-9-18(10-16-24)22-19(20-3)21-11-6-17-7-13-23(5-2)14-8-17/h4,17-18H,1,5-16H2,2-3H3,(H2,20,21,22). The van der Waals surface area contributed by atoms with E-state index in [1.165, 1.54) is 51.7 Å². The summed E-state index contributed by atoms with van der Waals surface area (Å²) in [6.07, 6.45) is 8.33. The van der Waals surface area contributed by atoms with Crippen molar-refractivity contribution in [1.29, 1.82) is 0 Å². The maximum atomic E-state index is 4.40. The third-order valence-corrected chi connectivity index (χ3v) is 5.54. The zero-order valence-electron chi connectivity index (χ0n) is 15.8. The SMILES string of the molecule is C=CCN1CCC(NC(=NC)NCCC2CCN(CC)CC2)CC1. The number of nitrogens with zero attached hydrogens (tertiary/aromatic N) is 3. The number of aliphatic imine (C=N–C) groups is 1. The Labute approximate surface area is 148 Å². The van der Waals surface area contributed by atoms with Crippen LogP contribution in [0.15, 0.2) is 17.6 Å². The van der Waals surface area contributed by atoms with Crippen LogP contribution in [0.1, 0.15) is 39.0 Å². The first kappa shape index (κ1) is 19.3. The molecular weight excluding hydrogens is 298 g/mol. The molecule has 24 heavy (non-hydrogen) atoms. The highest BCUT2D eigenvalue weighted by Crippen LogP contribution is 2.19. The molecule has 0 aromatic heterocycles. The van der Waals surface area contributed by atoms with Crippen molar-refractivity contribution in [2.24, 2.45) is 10.9 Å². The van der Waals surface area contributed by atoms with Crippen LogP contribution < -0.4 is 10.6 Å². The van der Waals surface area contributed by atoms with Crippen molar-refractivity contribution in [2.45, 2.75) is 45.1 Å². The van der Waals surface area contributed by atoms with Crippen molar-refractivity contribution >= 4 is 5.96 Å². The summed E-state index contributed by atoms with van der Waals surface area (Å²) in [7, 11) is 1.88. The van der Waals surface area contributed by atoms with Crippen molar-refractivity contribution in [3.63, 3.8) is 0 Å². The quantitative estimate of drug-likeness (QED) is 0.424. The molecule has 2 saturated heterocycles. The van der Waals surface area contributed by atoms with Crippen molar-refractivity contribution in [2.75, 3.05) is 52.9 Å². The van der Waals surface area contributed by atoms with Gasteiger partial charge in [-0.1, -0.05) is 13.0 Å². The van der Waals surface area contributed by atoms with Gasteiger partial charge in [-0.3, -0.25) is 9.89 Å². The Bertz CT molecular complexity index is 379. The molecule has 0 spiro atoms. The molecule has 5 heteroatoms. The fraction of sp³-hybridized carbons (Fsp3) is 0.842. The Balaban J connectivity index is 1.60. The predicted octanol–water partition coefficient (Wildman–Crippen LogP) is 1.92. The molecule has 0 saturated carbocycles. The van der Waals surface area contributed by atoms with E-state index in [1.54, 1.807) is 0 Å². The van der Waals surface area contributed by atoms with E-state index in [0.29, 0.717) is 6.04 Å². The summed E-state index contributed by atoms with van der Waals surface area (Å²) in [4.78, 5) is 9.42. The Kier molecular flexibility index (Phi) is 8.60. The highest BCUT2D eigenvalue weighted by atomic mass is 15.2. The Morgan fingerprint density at radius 1 is 1.12 bits per heavy atom. The summed E-state index contributed by atoms with van der Waals surface area (Å²) in [6, 6.07) is 0.546. The monoisotopic (exact) mass is 335 g/mol. The molecule has 0 aliphatic carbocycles. The van der Waals surface area contributed by atoms with Gasteiger partial charge in [-0.2, -0.15) is 0 Å². The number of hydrogen-bond acceptors (Lipinski definition) is 3. The lowest BCUT2D eigenvalue weighted by atomic mass is 9.93. The fourth-order valence-corrected chi connectivity index (χ4v) is 3.82. The summed E-state index contributed by atoms with van der Waals surface area (Å²) < 4.78 is 0. The zero-order chi connectivity index (χ0) is 17.2. The minimum Gasteiger partial charge on any atom is -0.356 e. The Morgan fingerprint density at radius 2 is 1.79 bits per heavy atom. The second-order valence-electron chi connectivity index (χ2n) is 7.17. The molecule has 2 aliphatic heterocycles. The van der Waals surface area contributed by atoms with E-state index in [9.17, 15) is 0 Å². The maximum Gasteiger partial charge on any atom is 0.191 e. The molecule has 0 unspecified atom stereocenters. The first-order valence-corrected chi connectivity index (χ1v) is 9.78. The number of guanidine groups is 1. The summed E-state index contributed by atoms with van der Waals surface area (Å²) >= 11 is 0. The van der Waals surface area contributed by atoms with Gasteiger partial charge in [0.05, 0.1) is 0 Å². The average Bonchev–Trinajstić information content (AvgIpc) is 2.63. The van der Waals surface area contributed by atoms with E-state index in [0.717, 1.165) is 38.1 Å². The van der Waals surface area contributed by atoms with Crippen molar-refractivity contribution in [3.8, 4) is 0 Å². The number of nitrogens with one attached hydrogen (secondary N) is 2. The second-order valence-corrected chi connectivity index (χ2v) is 7.17. The van der Waals surface area contributed by atoms with Gasteiger partial charge in [0.15, 0.2) is 5.96 Å². The normalized spacial score (nSPS) is 22.5. The number of likely N-dealkylation sites (tertiary alicyclic amines) is 2. The van der Waals surface area contributed by atoms with E-state index >= 15 is 0 Å². The van der Waals surface area contributed by atoms with Gasteiger partial charge < -0.3 is 15.5 Å². The van der Waals surface area contributed by atoms with Gasteiger partial charge in [0.2, 0.25) is 0 Å². The van der Waals surface area contributed by atoms with E-state index in [-0.39, 0.29) is 0 Å². The largest absolute Gasteiger partial charge is 0.356 e. The van der Waals surface area contributed by atoms with Gasteiger partial charge in [-0.05, 0) is 57.7 Å². The molecule has 0 bridgehead atoms. The Morgan fingerprint density at radius 3 is 2.38 bits per heavy atom. The summed E-state index contributed by atoms with van der Waals surface area (Å²) in [6.45, 7) is 14.2. The first-order chi connectivity index (χ1) is 11.7. The first-order valence-electron chi connectivity index (χ1n) is 9.78. The minimum atomic E-state index is 0.546. The second kappa shape index (κ2) is 10.7. The van der Waals surface area contributed by atoms with Crippen molar-refractivity contribution in [3.05, 3.63) is 12.7 Å². The number of hydrogen-bond donors (Lipinski definition) is 2. The van der Waals surface area contributed by atoms with Crippen LogP contribution in [-0.2, 0) is 0 Å².